The Balaban J connectivity index is 1.55. The normalized spacial score (nSPS) is 10.5. The number of carbonyl (C=O) groups excluding carboxylic acids is 1. The third kappa shape index (κ3) is 4.56. The number of aromatic nitrogens is 2. The Morgan fingerprint density at radius 3 is 2.92 bits per heavy atom. The van der Waals surface area contributed by atoms with Crippen LogP contribution in [0.2, 0.25) is 0 Å². The van der Waals surface area contributed by atoms with Crippen LogP contribution >= 0.6 is 34.4 Å². The molecule has 3 aromatic rings. The van der Waals surface area contributed by atoms with Crippen molar-refractivity contribution in [1.82, 2.24) is 10.2 Å². The predicted octanol–water partition coefficient (Wildman–Crippen LogP) is 4.08. The number of hydrogen-bond acceptors (Lipinski definition) is 7. The zero-order valence-corrected chi connectivity index (χ0v) is 15.3. The van der Waals surface area contributed by atoms with E-state index in [0.717, 1.165) is 15.7 Å². The van der Waals surface area contributed by atoms with E-state index in [1.807, 2.05) is 30.3 Å². The van der Waals surface area contributed by atoms with E-state index in [1.165, 1.54) is 16.2 Å². The fraction of sp³-hybridized carbons (Fsp3) is 0.188. The molecule has 0 bridgehead atoms. The molecular formula is C16H15N3O2S3. The lowest BCUT2D eigenvalue weighted by Crippen LogP contribution is -2.14. The molecule has 1 aromatic carbocycles. The molecule has 0 unspecified atom stereocenters. The fourth-order valence-electron chi connectivity index (χ4n) is 2.03. The van der Waals surface area contributed by atoms with Gasteiger partial charge in [-0.15, -0.1) is 21.5 Å². The summed E-state index contributed by atoms with van der Waals surface area (Å²) in [6.45, 7) is 0. The fourth-order valence-corrected chi connectivity index (χ4v) is 4.57. The molecule has 0 radical (unpaired) electrons. The molecule has 124 valence electrons. The molecule has 1 amide bonds. The summed E-state index contributed by atoms with van der Waals surface area (Å²) in [5.41, 5.74) is 0.842. The van der Waals surface area contributed by atoms with E-state index in [4.69, 9.17) is 4.74 Å². The number of nitrogens with one attached hydrogen (secondary N) is 1. The van der Waals surface area contributed by atoms with E-state index in [1.54, 1.807) is 30.2 Å². The molecule has 0 aliphatic rings. The van der Waals surface area contributed by atoms with E-state index in [2.05, 4.69) is 27.0 Å². The molecule has 3 rings (SSSR count). The first-order valence-corrected chi connectivity index (χ1v) is 9.83. The lowest BCUT2D eigenvalue weighted by Gasteiger charge is -2.07. The number of methoxy groups -OCH3 is 1. The van der Waals surface area contributed by atoms with Crippen LogP contribution in [0.25, 0.3) is 0 Å². The minimum Gasteiger partial charge on any atom is -0.496 e. The highest BCUT2D eigenvalue weighted by Crippen LogP contribution is 2.29. The van der Waals surface area contributed by atoms with Crippen molar-refractivity contribution in [2.24, 2.45) is 0 Å². The number of hydrogen-bond donors (Lipinski definition) is 1. The summed E-state index contributed by atoms with van der Waals surface area (Å²) in [5, 5.41) is 13.5. The maximum Gasteiger partial charge on any atom is 0.230 e. The van der Waals surface area contributed by atoms with Gasteiger partial charge in [-0.1, -0.05) is 47.4 Å². The van der Waals surface area contributed by atoms with E-state index in [9.17, 15) is 4.79 Å². The molecule has 0 saturated heterocycles. The molecular weight excluding hydrogens is 362 g/mol. The first kappa shape index (κ1) is 16.9. The summed E-state index contributed by atoms with van der Waals surface area (Å²) in [5.74, 6) is 1.43. The Bertz CT molecular complexity index is 803. The molecule has 0 aliphatic carbocycles. The van der Waals surface area contributed by atoms with E-state index >= 15 is 0 Å². The van der Waals surface area contributed by atoms with Gasteiger partial charge in [0.2, 0.25) is 11.0 Å². The van der Waals surface area contributed by atoms with E-state index < -0.39 is 0 Å². The van der Waals surface area contributed by atoms with Crippen LogP contribution in [0.1, 0.15) is 10.4 Å². The van der Waals surface area contributed by atoms with Crippen LogP contribution in [0.15, 0.2) is 46.1 Å². The topological polar surface area (TPSA) is 64.1 Å². The Morgan fingerprint density at radius 2 is 2.12 bits per heavy atom. The summed E-state index contributed by atoms with van der Waals surface area (Å²) in [7, 11) is 1.60. The number of benzene rings is 1. The van der Waals surface area contributed by atoms with Gasteiger partial charge in [0.15, 0.2) is 4.34 Å². The van der Waals surface area contributed by atoms with Crippen molar-refractivity contribution in [1.29, 1.82) is 0 Å². The highest BCUT2D eigenvalue weighted by Gasteiger charge is 2.12. The highest BCUT2D eigenvalue weighted by atomic mass is 32.2. The van der Waals surface area contributed by atoms with Crippen LogP contribution in [-0.2, 0) is 17.0 Å². The molecule has 2 heterocycles. The number of rotatable bonds is 7. The summed E-state index contributed by atoms with van der Waals surface area (Å²) < 4.78 is 6.10. The molecule has 2 aromatic heterocycles. The number of para-hydroxylation sites is 1. The second kappa shape index (κ2) is 8.27. The zero-order valence-electron chi connectivity index (χ0n) is 12.9. The second-order valence-corrected chi connectivity index (χ2v) is 8.01. The average molecular weight is 378 g/mol. The van der Waals surface area contributed by atoms with Gasteiger partial charge in [-0.3, -0.25) is 4.79 Å². The largest absolute Gasteiger partial charge is 0.496 e. The van der Waals surface area contributed by atoms with Crippen LogP contribution in [0.3, 0.4) is 0 Å². The third-order valence-electron chi connectivity index (χ3n) is 3.11. The van der Waals surface area contributed by atoms with Crippen molar-refractivity contribution in [2.75, 3.05) is 12.4 Å². The van der Waals surface area contributed by atoms with Gasteiger partial charge in [-0.25, -0.2) is 0 Å². The smallest absolute Gasteiger partial charge is 0.230 e. The SMILES string of the molecule is COc1ccccc1CC(=O)Nc1nnc(SCc2cccs2)s1. The van der Waals surface area contributed by atoms with Crippen molar-refractivity contribution in [3.63, 3.8) is 0 Å². The van der Waals surface area contributed by atoms with Crippen LogP contribution in [0, 0.1) is 0 Å². The van der Waals surface area contributed by atoms with Crippen molar-refractivity contribution in [3.05, 3.63) is 52.2 Å². The number of anilines is 1. The van der Waals surface area contributed by atoms with Gasteiger partial charge in [0.1, 0.15) is 5.75 Å². The number of nitrogens with zero attached hydrogens (tertiary/aromatic N) is 2. The first-order chi connectivity index (χ1) is 11.7. The Kier molecular flexibility index (Phi) is 5.84. The lowest BCUT2D eigenvalue weighted by atomic mass is 10.1. The molecule has 0 saturated carbocycles. The van der Waals surface area contributed by atoms with E-state index in [-0.39, 0.29) is 12.3 Å². The molecule has 24 heavy (non-hydrogen) atoms. The van der Waals surface area contributed by atoms with Gasteiger partial charge in [0, 0.05) is 16.2 Å². The number of amides is 1. The van der Waals surface area contributed by atoms with Crippen LogP contribution in [0.4, 0.5) is 5.13 Å². The molecule has 0 fully saturated rings. The molecule has 5 nitrogen and oxygen atoms in total. The summed E-state index contributed by atoms with van der Waals surface area (Å²) >= 11 is 4.72. The van der Waals surface area contributed by atoms with Crippen molar-refractivity contribution in [2.45, 2.75) is 16.5 Å². The van der Waals surface area contributed by atoms with Crippen LogP contribution in [-0.4, -0.2) is 23.2 Å². The number of thioether (sulfide) groups is 1. The predicted molar refractivity (Wildman–Crippen MR) is 99.1 cm³/mol. The third-order valence-corrected chi connectivity index (χ3v) is 6.19. The number of carbonyl (C=O) groups is 1. The lowest BCUT2D eigenvalue weighted by molar-refractivity contribution is -0.115. The molecule has 0 aliphatic heterocycles. The minimum atomic E-state index is -0.134. The maximum absolute atomic E-state index is 12.2. The monoisotopic (exact) mass is 377 g/mol. The molecule has 0 atom stereocenters. The minimum absolute atomic E-state index is 0.134. The Morgan fingerprint density at radius 1 is 1.25 bits per heavy atom. The quantitative estimate of drug-likeness (QED) is 0.496. The second-order valence-electron chi connectivity index (χ2n) is 4.78. The average Bonchev–Trinajstić information content (AvgIpc) is 3.25. The zero-order chi connectivity index (χ0) is 16.8. The van der Waals surface area contributed by atoms with Crippen LogP contribution < -0.4 is 10.1 Å². The van der Waals surface area contributed by atoms with E-state index in [0.29, 0.717) is 10.9 Å². The first-order valence-electron chi connectivity index (χ1n) is 7.15. The number of thiophene rings is 1. The van der Waals surface area contributed by atoms with Crippen LogP contribution in [0.5, 0.6) is 5.75 Å². The van der Waals surface area contributed by atoms with Crippen molar-refractivity contribution < 1.29 is 9.53 Å². The van der Waals surface area contributed by atoms with Gasteiger partial charge in [-0.2, -0.15) is 0 Å². The molecule has 1 N–H and O–H groups in total. The highest BCUT2D eigenvalue weighted by molar-refractivity contribution is 8.00. The van der Waals surface area contributed by atoms with Gasteiger partial charge in [0.05, 0.1) is 13.5 Å². The summed E-state index contributed by atoms with van der Waals surface area (Å²) in [4.78, 5) is 13.5. The Labute approximate surface area is 152 Å². The molecule has 8 heteroatoms. The number of ether oxygens (including phenoxy) is 1. The Hall–Kier alpha value is -1.90. The molecule has 0 spiro atoms. The summed E-state index contributed by atoms with van der Waals surface area (Å²) in [6.07, 6.45) is 0.237. The van der Waals surface area contributed by atoms with Gasteiger partial charge < -0.3 is 10.1 Å². The maximum atomic E-state index is 12.2. The van der Waals surface area contributed by atoms with Gasteiger partial charge in [-0.05, 0) is 17.5 Å². The summed E-state index contributed by atoms with van der Waals surface area (Å²) in [6, 6.07) is 11.6. The van der Waals surface area contributed by atoms with Crippen molar-refractivity contribution in [3.8, 4) is 5.75 Å². The van der Waals surface area contributed by atoms with Crippen molar-refractivity contribution >= 4 is 45.5 Å². The standard InChI is InChI=1S/C16H15N3O2S3/c1-21-13-7-3-2-5-11(13)9-14(20)17-15-18-19-16(24-15)23-10-12-6-4-8-22-12/h2-8H,9-10H2,1H3,(H,17,18,20). The van der Waals surface area contributed by atoms with Gasteiger partial charge >= 0.3 is 0 Å². The van der Waals surface area contributed by atoms with Gasteiger partial charge in [0.25, 0.3) is 0 Å².